The number of nitrogens with two attached hydrogens (primary N) is 1. The smallest absolute Gasteiger partial charge is 0.265 e. The lowest BCUT2D eigenvalue weighted by atomic mass is 10.1. The minimum Gasteiger partial charge on any atom is -0.384 e. The molecule has 0 atom stereocenters. The van der Waals surface area contributed by atoms with E-state index >= 15 is 0 Å². The van der Waals surface area contributed by atoms with E-state index in [1.165, 1.54) is 21.7 Å². The van der Waals surface area contributed by atoms with Crippen LogP contribution in [0.2, 0.25) is 0 Å². The molecule has 0 saturated carbocycles. The highest BCUT2D eigenvalue weighted by Crippen LogP contribution is 2.28. The Morgan fingerprint density at radius 1 is 1.15 bits per heavy atom. The predicted molar refractivity (Wildman–Crippen MR) is 133 cm³/mol. The highest BCUT2D eigenvalue weighted by atomic mass is 32.2. The maximum atomic E-state index is 13.1. The highest BCUT2D eigenvalue weighted by molar-refractivity contribution is 7.92. The van der Waals surface area contributed by atoms with Crippen LogP contribution in [0.25, 0.3) is 16.6 Å². The molecular weight excluding hydrogens is 472 g/mol. The van der Waals surface area contributed by atoms with Gasteiger partial charge in [-0.05, 0) is 36.8 Å². The van der Waals surface area contributed by atoms with Gasteiger partial charge >= 0.3 is 0 Å². The lowest BCUT2D eigenvalue weighted by molar-refractivity contribution is 0.0702. The molecule has 0 unspecified atom stereocenters. The Hall–Kier alpha value is -3.41. The van der Waals surface area contributed by atoms with Crippen LogP contribution in [0.1, 0.15) is 26.5 Å². The third-order valence-corrected chi connectivity index (χ3v) is 8.19. The summed E-state index contributed by atoms with van der Waals surface area (Å²) in [5.74, 6) is -0.216. The number of hydrogen-bond acceptors (Lipinski definition) is 7. The Morgan fingerprint density at radius 3 is 2.53 bits per heavy atom. The summed E-state index contributed by atoms with van der Waals surface area (Å²) in [5.41, 5.74) is 8.22. The van der Waals surface area contributed by atoms with Gasteiger partial charge in [-0.25, -0.2) is 13.4 Å². The number of nitrogen functional groups attached to an aromatic ring is 1. The van der Waals surface area contributed by atoms with Gasteiger partial charge in [0.25, 0.3) is 5.91 Å². The van der Waals surface area contributed by atoms with Crippen molar-refractivity contribution in [2.45, 2.75) is 6.92 Å². The molecule has 11 heteroatoms. The van der Waals surface area contributed by atoms with Crippen molar-refractivity contribution in [3.63, 3.8) is 0 Å². The first kappa shape index (κ1) is 23.7. The van der Waals surface area contributed by atoms with Crippen LogP contribution in [-0.2, 0) is 10.0 Å². The molecule has 3 N–H and O–H groups in total. The Bertz CT molecular complexity index is 1340. The fraction of sp³-hybridized carbons (Fsp3) is 0.217. The molecule has 1 aliphatic heterocycles. The Balaban J connectivity index is 1.41. The van der Waals surface area contributed by atoms with E-state index in [9.17, 15) is 13.2 Å². The number of carbonyl (C=O) groups is 1. The van der Waals surface area contributed by atoms with E-state index < -0.39 is 10.0 Å². The summed E-state index contributed by atoms with van der Waals surface area (Å²) >= 11 is 1.33. The Morgan fingerprint density at radius 2 is 1.85 bits per heavy atom. The van der Waals surface area contributed by atoms with Crippen molar-refractivity contribution in [2.24, 2.45) is 5.73 Å². The van der Waals surface area contributed by atoms with E-state index in [1.807, 2.05) is 12.1 Å². The number of aromatic nitrogens is 2. The number of hydrogen-bond donors (Lipinski definition) is 2. The van der Waals surface area contributed by atoms with E-state index in [0.717, 1.165) is 16.0 Å². The number of thiazole rings is 1. The van der Waals surface area contributed by atoms with Crippen molar-refractivity contribution < 1.29 is 13.2 Å². The van der Waals surface area contributed by atoms with E-state index in [-0.39, 0.29) is 24.8 Å². The van der Waals surface area contributed by atoms with Crippen LogP contribution in [0.3, 0.4) is 0 Å². The first-order chi connectivity index (χ1) is 16.2. The number of amides is 1. The summed E-state index contributed by atoms with van der Waals surface area (Å²) in [6.45, 7) is 2.82. The molecule has 34 heavy (non-hydrogen) atoms. The van der Waals surface area contributed by atoms with Gasteiger partial charge in [0, 0.05) is 55.1 Å². The highest BCUT2D eigenvalue weighted by Gasteiger charge is 2.29. The number of benzene rings is 1. The zero-order chi connectivity index (χ0) is 24.3. The molecule has 1 aromatic carbocycles. The van der Waals surface area contributed by atoms with Gasteiger partial charge in [-0.3, -0.25) is 15.2 Å². The number of pyridine rings is 1. The fourth-order valence-corrected chi connectivity index (χ4v) is 5.78. The molecular formula is C23H24N6O3S2. The average Bonchev–Trinajstić information content (AvgIpc) is 3.24. The molecule has 0 aliphatic carbocycles. The number of nitrogens with zero attached hydrogens (tertiary/aromatic N) is 4. The second-order valence-corrected chi connectivity index (χ2v) is 10.6. The van der Waals surface area contributed by atoms with Crippen molar-refractivity contribution in [1.29, 1.82) is 5.41 Å². The SMILES string of the molecule is Cc1nc(-c2ccncc2)sc1C(=O)N1CCN(S(=O)(=O)/C=C/c2cccc(C(=N)N)c2)CC1. The van der Waals surface area contributed by atoms with Gasteiger partial charge in [-0.2, -0.15) is 4.31 Å². The van der Waals surface area contributed by atoms with Gasteiger partial charge in [-0.1, -0.05) is 18.2 Å². The predicted octanol–water partition coefficient (Wildman–Crippen LogP) is 2.56. The number of piperazine rings is 1. The monoisotopic (exact) mass is 496 g/mol. The largest absolute Gasteiger partial charge is 0.384 e. The molecule has 4 rings (SSSR count). The van der Waals surface area contributed by atoms with Crippen LogP contribution in [-0.4, -0.2) is 65.5 Å². The van der Waals surface area contributed by atoms with Crippen LogP contribution >= 0.6 is 11.3 Å². The number of nitrogens with one attached hydrogen (secondary N) is 1. The normalized spacial score (nSPS) is 15.0. The lowest BCUT2D eigenvalue weighted by Crippen LogP contribution is -2.50. The molecule has 2 aromatic heterocycles. The Kier molecular flexibility index (Phi) is 6.87. The van der Waals surface area contributed by atoms with Crippen LogP contribution in [0.4, 0.5) is 0 Å². The van der Waals surface area contributed by atoms with Crippen molar-refractivity contribution in [3.8, 4) is 10.6 Å². The van der Waals surface area contributed by atoms with Crippen molar-refractivity contribution in [3.05, 3.63) is 75.9 Å². The minimum absolute atomic E-state index is 0.0806. The van der Waals surface area contributed by atoms with Gasteiger partial charge in [-0.15, -0.1) is 11.3 Å². The molecule has 1 amide bonds. The number of rotatable bonds is 6. The first-order valence-electron chi connectivity index (χ1n) is 10.5. The number of carbonyl (C=O) groups excluding carboxylic acids is 1. The third kappa shape index (κ3) is 5.22. The molecule has 1 saturated heterocycles. The third-order valence-electron chi connectivity index (χ3n) is 5.43. The summed E-state index contributed by atoms with van der Waals surface area (Å²) < 4.78 is 27.0. The van der Waals surface area contributed by atoms with E-state index in [1.54, 1.807) is 48.5 Å². The molecule has 1 aliphatic rings. The standard InChI is InChI=1S/C23H24N6O3S2/c1-16-20(33-22(27-16)18-5-8-26-9-6-18)23(30)28-10-12-29(13-11-28)34(31,32)14-7-17-3-2-4-19(15-17)21(24)25/h2-9,14-15H,10-13H2,1H3,(H3,24,25)/b14-7+. The molecule has 0 radical (unpaired) electrons. The summed E-state index contributed by atoms with van der Waals surface area (Å²) in [6, 6.07) is 10.5. The number of sulfonamides is 1. The maximum absolute atomic E-state index is 13.1. The van der Waals surface area contributed by atoms with E-state index in [0.29, 0.717) is 34.8 Å². The van der Waals surface area contributed by atoms with Crippen molar-refractivity contribution in [1.82, 2.24) is 19.2 Å². The lowest BCUT2D eigenvalue weighted by Gasteiger charge is -2.33. The molecule has 1 fully saturated rings. The number of aryl methyl sites for hydroxylation is 1. The Labute approximate surface area is 202 Å². The molecule has 9 nitrogen and oxygen atoms in total. The summed E-state index contributed by atoms with van der Waals surface area (Å²) in [7, 11) is -3.65. The number of amidine groups is 1. The van der Waals surface area contributed by atoms with Crippen molar-refractivity contribution in [2.75, 3.05) is 26.2 Å². The van der Waals surface area contributed by atoms with Crippen LogP contribution in [0.15, 0.2) is 54.2 Å². The zero-order valence-electron chi connectivity index (χ0n) is 18.5. The van der Waals surface area contributed by atoms with Crippen LogP contribution in [0.5, 0.6) is 0 Å². The van der Waals surface area contributed by atoms with Crippen LogP contribution in [0, 0.1) is 12.3 Å². The van der Waals surface area contributed by atoms with Gasteiger partial charge < -0.3 is 10.6 Å². The van der Waals surface area contributed by atoms with Gasteiger partial charge in [0.2, 0.25) is 10.0 Å². The minimum atomic E-state index is -3.65. The average molecular weight is 497 g/mol. The van der Waals surface area contributed by atoms with Gasteiger partial charge in [0.1, 0.15) is 15.7 Å². The van der Waals surface area contributed by atoms with Crippen molar-refractivity contribution >= 4 is 39.2 Å². The van der Waals surface area contributed by atoms with E-state index in [2.05, 4.69) is 9.97 Å². The summed E-state index contributed by atoms with van der Waals surface area (Å²) in [5, 5.41) is 9.41. The zero-order valence-corrected chi connectivity index (χ0v) is 20.1. The summed E-state index contributed by atoms with van der Waals surface area (Å²) in [4.78, 5) is 23.9. The molecule has 3 aromatic rings. The quantitative estimate of drug-likeness (QED) is 0.398. The summed E-state index contributed by atoms with van der Waals surface area (Å²) in [6.07, 6.45) is 4.85. The molecule has 3 heterocycles. The second kappa shape index (κ2) is 9.84. The first-order valence-corrected chi connectivity index (χ1v) is 12.9. The second-order valence-electron chi connectivity index (χ2n) is 7.75. The van der Waals surface area contributed by atoms with Gasteiger partial charge in [0.05, 0.1) is 5.69 Å². The molecule has 0 bridgehead atoms. The van der Waals surface area contributed by atoms with Gasteiger partial charge in [0.15, 0.2) is 0 Å². The fourth-order valence-electron chi connectivity index (χ4n) is 3.56. The molecule has 0 spiro atoms. The van der Waals surface area contributed by atoms with E-state index in [4.69, 9.17) is 11.1 Å². The maximum Gasteiger partial charge on any atom is 0.265 e. The topological polar surface area (TPSA) is 133 Å². The molecule has 176 valence electrons. The van der Waals surface area contributed by atoms with Crippen LogP contribution < -0.4 is 5.73 Å².